The van der Waals surface area contributed by atoms with Crippen LogP contribution in [0.15, 0.2) is 23.4 Å². The highest BCUT2D eigenvalue weighted by Gasteiger charge is 2.19. The number of pyridine rings is 1. The number of nitrogens with zero attached hydrogens (tertiary/aromatic N) is 3. The second kappa shape index (κ2) is 5.31. The van der Waals surface area contributed by atoms with Gasteiger partial charge in [0, 0.05) is 11.5 Å². The fourth-order valence-electron chi connectivity index (χ4n) is 2.57. The molecular weight excluding hydrogens is 318 g/mol. The number of hydrogen-bond donors (Lipinski definition) is 0. The Morgan fingerprint density at radius 3 is 2.87 bits per heavy atom. The Hall–Kier alpha value is -2.48. The second-order valence-corrected chi connectivity index (χ2v) is 6.04. The highest BCUT2D eigenvalue weighted by molar-refractivity contribution is 7.99. The van der Waals surface area contributed by atoms with Crippen LogP contribution in [0.1, 0.15) is 5.56 Å². The minimum Gasteiger partial charge on any atom is -0.468 e. The zero-order valence-electron chi connectivity index (χ0n) is 12.5. The topological polar surface area (TPSA) is 75.0 Å². The van der Waals surface area contributed by atoms with E-state index in [1.165, 1.54) is 18.9 Å². The number of aromatic nitrogens is 3. The lowest BCUT2D eigenvalue weighted by Crippen LogP contribution is -2.04. The maximum atomic E-state index is 11.4. The first-order valence-electron chi connectivity index (χ1n) is 6.95. The molecule has 7 nitrogen and oxygen atoms in total. The van der Waals surface area contributed by atoms with Gasteiger partial charge in [-0.3, -0.25) is 9.20 Å². The number of esters is 1. The summed E-state index contributed by atoms with van der Waals surface area (Å²) in [6.45, 7) is 2.20. The lowest BCUT2D eigenvalue weighted by Gasteiger charge is -2.08. The van der Waals surface area contributed by atoms with E-state index >= 15 is 0 Å². The molecule has 0 amide bonds. The summed E-state index contributed by atoms with van der Waals surface area (Å²) in [5, 5.41) is 10.1. The highest BCUT2D eigenvalue weighted by atomic mass is 32.2. The summed E-state index contributed by atoms with van der Waals surface area (Å²) in [5.41, 5.74) is 2.66. The van der Waals surface area contributed by atoms with Crippen LogP contribution in [0.2, 0.25) is 0 Å². The van der Waals surface area contributed by atoms with Gasteiger partial charge in [-0.15, -0.1) is 10.2 Å². The molecule has 0 atom stereocenters. The third kappa shape index (κ3) is 2.26. The number of ether oxygens (including phenoxy) is 3. The van der Waals surface area contributed by atoms with E-state index in [0.29, 0.717) is 10.9 Å². The predicted octanol–water partition coefficient (Wildman–Crippen LogP) is 2.18. The number of carbonyl (C=O) groups is 1. The normalized spacial score (nSPS) is 13.0. The molecule has 0 saturated heterocycles. The number of fused-ring (bicyclic) bond motifs is 4. The predicted molar refractivity (Wildman–Crippen MR) is 84.1 cm³/mol. The number of methoxy groups -OCH3 is 1. The van der Waals surface area contributed by atoms with Gasteiger partial charge in [0.05, 0.1) is 18.4 Å². The molecule has 2 aromatic heterocycles. The largest absolute Gasteiger partial charge is 0.468 e. The van der Waals surface area contributed by atoms with Crippen LogP contribution in [0.4, 0.5) is 0 Å². The fraction of sp³-hybridized carbons (Fsp3) is 0.267. The molecule has 0 N–H and O–H groups in total. The van der Waals surface area contributed by atoms with Crippen LogP contribution in [0, 0.1) is 6.92 Å². The minimum atomic E-state index is -0.304. The molecule has 1 aromatic carbocycles. The van der Waals surface area contributed by atoms with Crippen molar-refractivity contribution in [2.45, 2.75) is 12.1 Å². The van der Waals surface area contributed by atoms with E-state index < -0.39 is 0 Å². The van der Waals surface area contributed by atoms with Gasteiger partial charge in [-0.1, -0.05) is 11.8 Å². The maximum absolute atomic E-state index is 11.4. The number of carbonyl (C=O) groups excluding carboxylic acids is 1. The monoisotopic (exact) mass is 331 g/mol. The summed E-state index contributed by atoms with van der Waals surface area (Å²) in [7, 11) is 1.37. The summed E-state index contributed by atoms with van der Waals surface area (Å²) in [4.78, 5) is 11.4. The number of benzene rings is 1. The number of aryl methyl sites for hydroxylation is 1. The highest BCUT2D eigenvalue weighted by Crippen LogP contribution is 2.37. The second-order valence-electron chi connectivity index (χ2n) is 5.10. The van der Waals surface area contributed by atoms with Gasteiger partial charge in [0.1, 0.15) is 0 Å². The van der Waals surface area contributed by atoms with Crippen LogP contribution in [-0.2, 0) is 9.53 Å². The lowest BCUT2D eigenvalue weighted by atomic mass is 10.1. The van der Waals surface area contributed by atoms with Crippen molar-refractivity contribution in [2.75, 3.05) is 19.7 Å². The van der Waals surface area contributed by atoms with Gasteiger partial charge < -0.3 is 14.2 Å². The summed E-state index contributed by atoms with van der Waals surface area (Å²) in [6, 6.07) is 5.89. The smallest absolute Gasteiger partial charge is 0.316 e. The molecule has 23 heavy (non-hydrogen) atoms. The van der Waals surface area contributed by atoms with Gasteiger partial charge in [0.25, 0.3) is 0 Å². The number of rotatable bonds is 3. The van der Waals surface area contributed by atoms with Crippen LogP contribution >= 0.6 is 11.8 Å². The molecule has 0 fully saturated rings. The lowest BCUT2D eigenvalue weighted by molar-refractivity contribution is -0.137. The molecule has 3 aromatic rings. The molecule has 1 aliphatic rings. The first-order chi connectivity index (χ1) is 11.2. The van der Waals surface area contributed by atoms with Crippen molar-refractivity contribution < 1.29 is 19.0 Å². The van der Waals surface area contributed by atoms with E-state index in [0.717, 1.165) is 27.9 Å². The van der Waals surface area contributed by atoms with Crippen molar-refractivity contribution in [3.05, 3.63) is 23.8 Å². The molecule has 1 aliphatic heterocycles. The zero-order chi connectivity index (χ0) is 16.0. The Morgan fingerprint density at radius 1 is 1.30 bits per heavy atom. The van der Waals surface area contributed by atoms with Crippen molar-refractivity contribution in [1.29, 1.82) is 0 Å². The fourth-order valence-corrected chi connectivity index (χ4v) is 3.35. The number of thioether (sulfide) groups is 1. The average molecular weight is 331 g/mol. The van der Waals surface area contributed by atoms with Gasteiger partial charge in [0.2, 0.25) is 6.79 Å². The molecule has 8 heteroatoms. The van der Waals surface area contributed by atoms with Crippen LogP contribution in [0.5, 0.6) is 11.5 Å². The molecular formula is C15H13N3O4S. The van der Waals surface area contributed by atoms with E-state index in [9.17, 15) is 4.79 Å². The van der Waals surface area contributed by atoms with E-state index in [1.54, 1.807) is 0 Å². The SMILES string of the molecule is COC(=O)CSc1nnc2c(C)cc3cc4c(cc3n12)OCO4. The van der Waals surface area contributed by atoms with Gasteiger partial charge in [-0.05, 0) is 24.6 Å². The summed E-state index contributed by atoms with van der Waals surface area (Å²) < 4.78 is 17.5. The minimum absolute atomic E-state index is 0.178. The zero-order valence-corrected chi connectivity index (χ0v) is 13.3. The molecule has 118 valence electrons. The molecule has 0 unspecified atom stereocenters. The number of hydrogen-bond acceptors (Lipinski definition) is 7. The van der Waals surface area contributed by atoms with Crippen molar-refractivity contribution in [3.63, 3.8) is 0 Å². The molecule has 0 radical (unpaired) electrons. The first kappa shape index (κ1) is 14.1. The third-order valence-corrected chi connectivity index (χ3v) is 4.57. The van der Waals surface area contributed by atoms with E-state index in [4.69, 9.17) is 9.47 Å². The van der Waals surface area contributed by atoms with E-state index in [-0.39, 0.29) is 18.5 Å². The third-order valence-electron chi connectivity index (χ3n) is 3.67. The van der Waals surface area contributed by atoms with E-state index in [2.05, 4.69) is 14.9 Å². The molecule has 4 rings (SSSR count). The summed E-state index contributed by atoms with van der Waals surface area (Å²) >= 11 is 1.29. The Bertz CT molecular complexity index is 938. The average Bonchev–Trinajstić information content (AvgIpc) is 3.17. The Labute approximate surface area is 135 Å². The van der Waals surface area contributed by atoms with Crippen LogP contribution in [0.25, 0.3) is 16.6 Å². The molecule has 0 bridgehead atoms. The van der Waals surface area contributed by atoms with Gasteiger partial charge in [0.15, 0.2) is 22.3 Å². The summed E-state index contributed by atoms with van der Waals surface area (Å²) in [5.74, 6) is 1.30. The Balaban J connectivity index is 1.91. The Kier molecular flexibility index (Phi) is 3.26. The van der Waals surface area contributed by atoms with Crippen LogP contribution in [0.3, 0.4) is 0 Å². The molecule has 0 spiro atoms. The van der Waals surface area contributed by atoms with Crippen molar-refractivity contribution in [3.8, 4) is 11.5 Å². The van der Waals surface area contributed by atoms with Crippen molar-refractivity contribution in [1.82, 2.24) is 14.6 Å². The Morgan fingerprint density at radius 2 is 2.09 bits per heavy atom. The first-order valence-corrected chi connectivity index (χ1v) is 7.93. The van der Waals surface area contributed by atoms with Crippen molar-refractivity contribution >= 4 is 34.3 Å². The van der Waals surface area contributed by atoms with E-state index in [1.807, 2.05) is 29.5 Å². The quantitative estimate of drug-likeness (QED) is 0.538. The molecule has 3 heterocycles. The molecule has 0 aliphatic carbocycles. The van der Waals surface area contributed by atoms with Gasteiger partial charge in [-0.25, -0.2) is 0 Å². The van der Waals surface area contributed by atoms with Crippen molar-refractivity contribution in [2.24, 2.45) is 0 Å². The summed E-state index contributed by atoms with van der Waals surface area (Å²) in [6.07, 6.45) is 0. The molecule has 0 saturated carbocycles. The van der Waals surface area contributed by atoms with Crippen LogP contribution in [-0.4, -0.2) is 40.2 Å². The maximum Gasteiger partial charge on any atom is 0.316 e. The van der Waals surface area contributed by atoms with Gasteiger partial charge in [-0.2, -0.15) is 0 Å². The van der Waals surface area contributed by atoms with Crippen LogP contribution < -0.4 is 9.47 Å². The van der Waals surface area contributed by atoms with Gasteiger partial charge >= 0.3 is 5.97 Å². The standard InChI is InChI=1S/C15H13N3O4S/c1-8-3-9-4-11-12(22-7-21-11)5-10(9)18-14(8)16-17-15(18)23-6-13(19)20-2/h3-5H,6-7H2,1-2H3.